The lowest BCUT2D eigenvalue weighted by Gasteiger charge is -2.21. The highest BCUT2D eigenvalue weighted by atomic mass is 32.1. The van der Waals surface area contributed by atoms with E-state index in [4.69, 9.17) is 0 Å². The Morgan fingerprint density at radius 1 is 1.29 bits per heavy atom. The van der Waals surface area contributed by atoms with Crippen molar-refractivity contribution >= 4 is 33.5 Å². The van der Waals surface area contributed by atoms with Crippen molar-refractivity contribution in [2.45, 2.75) is 39.5 Å². The van der Waals surface area contributed by atoms with Gasteiger partial charge in [0.25, 0.3) is 5.56 Å². The summed E-state index contributed by atoms with van der Waals surface area (Å²) in [5.41, 5.74) is 2.54. The molecule has 1 N–H and O–H groups in total. The van der Waals surface area contributed by atoms with Gasteiger partial charge in [-0.2, -0.15) is 9.78 Å². The number of hydrogen-bond acceptors (Lipinski definition) is 6. The molecule has 2 heterocycles. The minimum atomic E-state index is -0.139. The highest BCUT2D eigenvalue weighted by Gasteiger charge is 2.19. The monoisotopic (exact) mass is 396 g/mol. The van der Waals surface area contributed by atoms with E-state index in [0.717, 1.165) is 48.4 Å². The van der Waals surface area contributed by atoms with E-state index >= 15 is 0 Å². The number of benzene rings is 1. The van der Waals surface area contributed by atoms with Gasteiger partial charge in [-0.25, -0.2) is 4.98 Å². The highest BCUT2D eigenvalue weighted by molar-refractivity contribution is 7.18. The van der Waals surface area contributed by atoms with Crippen molar-refractivity contribution in [3.63, 3.8) is 0 Å². The third kappa shape index (κ3) is 3.30. The van der Waals surface area contributed by atoms with Gasteiger partial charge < -0.3 is 10.0 Å². The second-order valence-electron chi connectivity index (χ2n) is 6.95. The third-order valence-corrected chi connectivity index (χ3v) is 6.52. The zero-order valence-electron chi connectivity index (χ0n) is 16.2. The number of phenols is 1. The number of aromatic hydroxyl groups is 1. The average Bonchev–Trinajstić information content (AvgIpc) is 3.09. The topological polar surface area (TPSA) is 70.7 Å². The van der Waals surface area contributed by atoms with Crippen LogP contribution in [0, 0.1) is 0 Å². The Morgan fingerprint density at radius 3 is 2.82 bits per heavy atom. The molecule has 0 saturated heterocycles. The molecule has 1 aromatic carbocycles. The maximum Gasteiger partial charge on any atom is 0.282 e. The van der Waals surface area contributed by atoms with Crippen LogP contribution < -0.4 is 10.5 Å². The Bertz CT molecular complexity index is 1100. The van der Waals surface area contributed by atoms with Crippen molar-refractivity contribution in [3.05, 3.63) is 50.9 Å². The molecule has 7 heteroatoms. The fourth-order valence-corrected chi connectivity index (χ4v) is 4.99. The summed E-state index contributed by atoms with van der Waals surface area (Å²) in [7, 11) is 0. The summed E-state index contributed by atoms with van der Waals surface area (Å²) >= 11 is 1.63. The predicted octanol–water partition coefficient (Wildman–Crippen LogP) is 3.77. The SMILES string of the molecule is CCN(CC)c1ccc(/C=N\n2cnc3sc4c(c3c2=O)CCCC4)c(O)c1. The third-order valence-electron chi connectivity index (χ3n) is 5.32. The lowest BCUT2D eigenvalue weighted by atomic mass is 9.97. The molecular weight excluding hydrogens is 372 g/mol. The minimum absolute atomic E-state index is 0.139. The molecule has 0 radical (unpaired) electrons. The summed E-state index contributed by atoms with van der Waals surface area (Å²) in [5.74, 6) is 0.142. The molecule has 146 valence electrons. The molecule has 0 unspecified atom stereocenters. The molecule has 0 amide bonds. The Kier molecular flexibility index (Phi) is 5.17. The van der Waals surface area contributed by atoms with Gasteiger partial charge in [-0.15, -0.1) is 11.3 Å². The van der Waals surface area contributed by atoms with Crippen LogP contribution in [-0.4, -0.2) is 34.1 Å². The molecule has 2 aromatic heterocycles. The summed E-state index contributed by atoms with van der Waals surface area (Å²) in [6.07, 6.45) is 7.23. The molecule has 1 aliphatic rings. The number of phenolic OH excluding ortho intramolecular Hbond substituents is 1. The first kappa shape index (κ1) is 18.7. The standard InChI is InChI=1S/C21H24N4O2S/c1-3-24(4-2)15-10-9-14(17(26)11-15)12-23-25-13-22-20-19(21(25)27)16-7-5-6-8-18(16)28-20/h9-13,26H,3-8H2,1-2H3/b23-12-. The van der Waals surface area contributed by atoms with Crippen LogP contribution in [0.4, 0.5) is 5.69 Å². The van der Waals surface area contributed by atoms with Crippen LogP contribution in [0.1, 0.15) is 42.7 Å². The summed E-state index contributed by atoms with van der Waals surface area (Å²) in [5, 5.41) is 15.3. The lowest BCUT2D eigenvalue weighted by molar-refractivity contribution is 0.474. The van der Waals surface area contributed by atoms with Crippen LogP contribution in [0.5, 0.6) is 5.75 Å². The molecule has 28 heavy (non-hydrogen) atoms. The number of anilines is 1. The molecule has 0 fully saturated rings. The van der Waals surface area contributed by atoms with Crippen molar-refractivity contribution in [1.29, 1.82) is 0 Å². The largest absolute Gasteiger partial charge is 0.507 e. The van der Waals surface area contributed by atoms with Crippen molar-refractivity contribution in [1.82, 2.24) is 9.66 Å². The fraction of sp³-hybridized carbons (Fsp3) is 0.381. The molecule has 0 bridgehead atoms. The quantitative estimate of drug-likeness (QED) is 0.667. The molecule has 3 aromatic rings. The number of aryl methyl sites for hydroxylation is 2. The van der Waals surface area contributed by atoms with Gasteiger partial charge in [0.05, 0.1) is 11.6 Å². The molecule has 4 rings (SSSR count). The highest BCUT2D eigenvalue weighted by Crippen LogP contribution is 2.33. The maximum absolute atomic E-state index is 12.9. The van der Waals surface area contributed by atoms with Crippen LogP contribution in [0.25, 0.3) is 10.2 Å². The number of nitrogens with zero attached hydrogens (tertiary/aromatic N) is 4. The molecule has 0 aliphatic heterocycles. The van der Waals surface area contributed by atoms with Gasteiger partial charge in [-0.05, 0) is 57.2 Å². The van der Waals surface area contributed by atoms with Gasteiger partial charge in [0.2, 0.25) is 0 Å². The zero-order valence-corrected chi connectivity index (χ0v) is 17.0. The Balaban J connectivity index is 1.67. The van der Waals surface area contributed by atoms with E-state index in [1.807, 2.05) is 12.1 Å². The van der Waals surface area contributed by atoms with Gasteiger partial charge in [-0.1, -0.05) is 0 Å². The van der Waals surface area contributed by atoms with E-state index < -0.39 is 0 Å². The van der Waals surface area contributed by atoms with E-state index in [1.54, 1.807) is 17.4 Å². The Labute approximate surface area is 167 Å². The molecule has 0 atom stereocenters. The molecule has 1 aliphatic carbocycles. The molecule has 0 saturated carbocycles. The van der Waals surface area contributed by atoms with Gasteiger partial charge >= 0.3 is 0 Å². The first-order valence-electron chi connectivity index (χ1n) is 9.76. The minimum Gasteiger partial charge on any atom is -0.507 e. The number of aromatic nitrogens is 2. The number of hydrogen-bond donors (Lipinski definition) is 1. The van der Waals surface area contributed by atoms with Crippen LogP contribution >= 0.6 is 11.3 Å². The van der Waals surface area contributed by atoms with Gasteiger partial charge in [-0.3, -0.25) is 4.79 Å². The zero-order chi connectivity index (χ0) is 19.7. The fourth-order valence-electron chi connectivity index (χ4n) is 3.77. The van der Waals surface area contributed by atoms with E-state index in [0.29, 0.717) is 10.9 Å². The molecule has 6 nitrogen and oxygen atoms in total. The van der Waals surface area contributed by atoms with Crippen LogP contribution in [-0.2, 0) is 12.8 Å². The number of fused-ring (bicyclic) bond motifs is 3. The summed E-state index contributed by atoms with van der Waals surface area (Å²) in [4.78, 5) is 21.6. The first-order chi connectivity index (χ1) is 13.6. The summed E-state index contributed by atoms with van der Waals surface area (Å²) in [6.45, 7) is 5.90. The van der Waals surface area contributed by atoms with Gasteiger partial charge in [0, 0.05) is 35.3 Å². The van der Waals surface area contributed by atoms with E-state index in [-0.39, 0.29) is 11.3 Å². The Hall–Kier alpha value is -2.67. The van der Waals surface area contributed by atoms with Crippen molar-refractivity contribution < 1.29 is 5.11 Å². The summed E-state index contributed by atoms with van der Waals surface area (Å²) < 4.78 is 1.27. The lowest BCUT2D eigenvalue weighted by Crippen LogP contribution is -2.21. The molecule has 0 spiro atoms. The van der Waals surface area contributed by atoms with Crippen molar-refractivity contribution in [3.8, 4) is 5.75 Å². The average molecular weight is 397 g/mol. The first-order valence-corrected chi connectivity index (χ1v) is 10.6. The van der Waals surface area contributed by atoms with Gasteiger partial charge in [0.1, 0.15) is 16.9 Å². The predicted molar refractivity (Wildman–Crippen MR) is 115 cm³/mol. The number of rotatable bonds is 5. The second kappa shape index (κ2) is 7.75. The van der Waals surface area contributed by atoms with E-state index in [1.165, 1.54) is 28.5 Å². The maximum atomic E-state index is 12.9. The van der Waals surface area contributed by atoms with Gasteiger partial charge in [0.15, 0.2) is 0 Å². The summed E-state index contributed by atoms with van der Waals surface area (Å²) in [6, 6.07) is 5.50. The smallest absolute Gasteiger partial charge is 0.282 e. The van der Waals surface area contributed by atoms with Crippen LogP contribution in [0.2, 0.25) is 0 Å². The Morgan fingerprint density at radius 2 is 2.07 bits per heavy atom. The van der Waals surface area contributed by atoms with Crippen molar-refractivity contribution in [2.75, 3.05) is 18.0 Å². The second-order valence-corrected chi connectivity index (χ2v) is 8.03. The normalized spacial score (nSPS) is 13.9. The number of thiophene rings is 1. The van der Waals surface area contributed by atoms with E-state index in [2.05, 4.69) is 28.8 Å². The van der Waals surface area contributed by atoms with Crippen LogP contribution in [0.15, 0.2) is 34.4 Å². The molecular formula is C21H24N4O2S. The van der Waals surface area contributed by atoms with E-state index in [9.17, 15) is 9.90 Å². The van der Waals surface area contributed by atoms with Crippen LogP contribution in [0.3, 0.4) is 0 Å². The van der Waals surface area contributed by atoms with Crippen molar-refractivity contribution in [2.24, 2.45) is 5.10 Å².